The van der Waals surface area contributed by atoms with Crippen molar-refractivity contribution in [2.75, 3.05) is 5.32 Å². The molecular formula is C25H17N3O4. The van der Waals surface area contributed by atoms with Gasteiger partial charge in [0.1, 0.15) is 11.5 Å². The van der Waals surface area contributed by atoms with Crippen molar-refractivity contribution in [3.8, 4) is 34.3 Å². The molecule has 5 rings (SSSR count). The lowest BCUT2D eigenvalue weighted by Gasteiger charge is -2.05. The first-order chi connectivity index (χ1) is 15.7. The largest absolute Gasteiger partial charge is 0.459 e. The lowest BCUT2D eigenvalue weighted by molar-refractivity contribution is 0.0996. The van der Waals surface area contributed by atoms with Gasteiger partial charge in [0.2, 0.25) is 5.82 Å². The van der Waals surface area contributed by atoms with E-state index in [1.54, 1.807) is 36.4 Å². The fraction of sp³-hybridized carbons (Fsp3) is 0. The average molecular weight is 423 g/mol. The maximum absolute atomic E-state index is 12.1. The van der Waals surface area contributed by atoms with E-state index >= 15 is 0 Å². The van der Waals surface area contributed by atoms with Gasteiger partial charge in [-0.1, -0.05) is 23.4 Å². The lowest BCUT2D eigenvalue weighted by Crippen LogP contribution is -2.10. The molecule has 1 N–H and O–H groups in total. The second-order valence-electron chi connectivity index (χ2n) is 6.87. The number of aromatic nitrogens is 2. The molecule has 1 amide bonds. The van der Waals surface area contributed by atoms with Crippen LogP contribution in [0.1, 0.15) is 10.6 Å². The highest BCUT2D eigenvalue weighted by atomic mass is 16.5. The summed E-state index contributed by atoms with van der Waals surface area (Å²) < 4.78 is 16.3. The van der Waals surface area contributed by atoms with Gasteiger partial charge in [-0.2, -0.15) is 4.98 Å². The minimum absolute atomic E-state index is 0.246. The van der Waals surface area contributed by atoms with Crippen LogP contribution in [-0.2, 0) is 0 Å². The molecule has 0 radical (unpaired) electrons. The number of amides is 1. The lowest BCUT2D eigenvalue weighted by atomic mass is 10.2. The number of nitrogens with one attached hydrogen (secondary N) is 1. The van der Waals surface area contributed by atoms with Gasteiger partial charge in [-0.25, -0.2) is 0 Å². The number of rotatable bonds is 6. The average Bonchev–Trinajstić information content (AvgIpc) is 3.54. The monoisotopic (exact) mass is 423 g/mol. The van der Waals surface area contributed by atoms with Gasteiger partial charge >= 0.3 is 0 Å². The van der Waals surface area contributed by atoms with E-state index in [9.17, 15) is 4.79 Å². The Labute approximate surface area is 183 Å². The van der Waals surface area contributed by atoms with Gasteiger partial charge in [0.25, 0.3) is 11.8 Å². The van der Waals surface area contributed by atoms with Crippen molar-refractivity contribution in [2.24, 2.45) is 0 Å². The number of carbonyl (C=O) groups is 1. The maximum atomic E-state index is 12.1. The Morgan fingerprint density at radius 2 is 1.50 bits per heavy atom. The van der Waals surface area contributed by atoms with E-state index in [1.165, 1.54) is 6.26 Å². The third-order valence-electron chi connectivity index (χ3n) is 4.65. The molecule has 0 aliphatic rings. The van der Waals surface area contributed by atoms with Gasteiger partial charge in [-0.05, 0) is 72.8 Å². The molecule has 0 spiro atoms. The first-order valence-electron chi connectivity index (χ1n) is 9.87. The zero-order valence-electron chi connectivity index (χ0n) is 16.8. The summed E-state index contributed by atoms with van der Waals surface area (Å²) in [5.41, 5.74) is 2.18. The first-order valence-corrected chi connectivity index (χ1v) is 9.87. The van der Waals surface area contributed by atoms with Gasteiger partial charge in [0.15, 0.2) is 5.76 Å². The zero-order chi connectivity index (χ0) is 21.8. The number of carbonyl (C=O) groups excluding carboxylic acids is 1. The number of benzene rings is 3. The van der Waals surface area contributed by atoms with Crippen molar-refractivity contribution >= 4 is 11.6 Å². The normalized spacial score (nSPS) is 10.6. The molecule has 3 aromatic carbocycles. The van der Waals surface area contributed by atoms with Crippen molar-refractivity contribution in [1.29, 1.82) is 0 Å². The Kier molecular flexibility index (Phi) is 5.20. The molecule has 5 aromatic rings. The third kappa shape index (κ3) is 4.27. The summed E-state index contributed by atoms with van der Waals surface area (Å²) in [5, 5.41) is 6.84. The van der Waals surface area contributed by atoms with Crippen molar-refractivity contribution in [3.63, 3.8) is 0 Å². The highest BCUT2D eigenvalue weighted by Crippen LogP contribution is 2.27. The van der Waals surface area contributed by atoms with Crippen LogP contribution in [0.25, 0.3) is 22.8 Å². The third-order valence-corrected chi connectivity index (χ3v) is 4.65. The number of hydrogen-bond donors (Lipinski definition) is 1. The number of hydrogen-bond acceptors (Lipinski definition) is 6. The summed E-state index contributed by atoms with van der Waals surface area (Å²) in [6.45, 7) is 0. The van der Waals surface area contributed by atoms with Crippen molar-refractivity contribution < 1.29 is 18.5 Å². The Balaban J connectivity index is 1.26. The molecule has 0 bridgehead atoms. The summed E-state index contributed by atoms with van der Waals surface area (Å²) in [6, 6.07) is 27.4. The Bertz CT molecular complexity index is 1310. The van der Waals surface area contributed by atoms with E-state index in [1.807, 2.05) is 54.6 Å². The number of furan rings is 1. The molecule has 7 nitrogen and oxygen atoms in total. The Morgan fingerprint density at radius 3 is 2.22 bits per heavy atom. The molecule has 0 saturated carbocycles. The summed E-state index contributed by atoms with van der Waals surface area (Å²) in [7, 11) is 0. The molecule has 0 aliphatic heterocycles. The fourth-order valence-electron chi connectivity index (χ4n) is 3.05. The smallest absolute Gasteiger partial charge is 0.291 e. The standard InChI is InChI=1S/C25H17N3O4/c29-24(22-7-4-16-30-22)26-19-12-8-18(9-13-19)25-27-23(28-32-25)17-10-14-21(15-11-17)31-20-5-2-1-3-6-20/h1-16H,(H,26,29). The van der Waals surface area contributed by atoms with E-state index in [-0.39, 0.29) is 11.7 Å². The van der Waals surface area contributed by atoms with Crippen LogP contribution < -0.4 is 10.1 Å². The Hall–Kier alpha value is -4.65. The van der Waals surface area contributed by atoms with E-state index in [2.05, 4.69) is 15.5 Å². The maximum Gasteiger partial charge on any atom is 0.291 e. The van der Waals surface area contributed by atoms with Gasteiger partial charge in [-0.3, -0.25) is 4.79 Å². The summed E-state index contributed by atoms with van der Waals surface area (Å²) >= 11 is 0. The van der Waals surface area contributed by atoms with Gasteiger partial charge in [-0.15, -0.1) is 0 Å². The van der Waals surface area contributed by atoms with Gasteiger partial charge < -0.3 is 19.0 Å². The highest BCUT2D eigenvalue weighted by Gasteiger charge is 2.12. The van der Waals surface area contributed by atoms with E-state index in [4.69, 9.17) is 13.7 Å². The van der Waals surface area contributed by atoms with Gasteiger partial charge in [0.05, 0.1) is 6.26 Å². The SMILES string of the molecule is O=C(Nc1ccc(-c2nc(-c3ccc(Oc4ccccc4)cc3)no2)cc1)c1ccco1. The van der Waals surface area contributed by atoms with E-state index in [0.29, 0.717) is 17.4 Å². The minimum Gasteiger partial charge on any atom is -0.459 e. The molecule has 156 valence electrons. The van der Waals surface area contributed by atoms with Crippen molar-refractivity contribution in [3.05, 3.63) is 103 Å². The van der Waals surface area contributed by atoms with Crippen molar-refractivity contribution in [1.82, 2.24) is 10.1 Å². The molecule has 32 heavy (non-hydrogen) atoms. The van der Waals surface area contributed by atoms with Gasteiger partial charge in [0, 0.05) is 16.8 Å². The molecule has 0 fully saturated rings. The quantitative estimate of drug-likeness (QED) is 0.358. The van der Waals surface area contributed by atoms with Crippen LogP contribution in [0.5, 0.6) is 11.5 Å². The molecule has 0 atom stereocenters. The number of para-hydroxylation sites is 1. The molecule has 7 heteroatoms. The van der Waals surface area contributed by atoms with Crippen LogP contribution in [0.2, 0.25) is 0 Å². The van der Waals surface area contributed by atoms with Crippen LogP contribution in [0, 0.1) is 0 Å². The first kappa shape index (κ1) is 19.3. The molecule has 2 heterocycles. The molecule has 0 unspecified atom stereocenters. The number of nitrogens with zero attached hydrogens (tertiary/aromatic N) is 2. The van der Waals surface area contributed by atoms with Crippen LogP contribution in [0.15, 0.2) is 106 Å². The van der Waals surface area contributed by atoms with Crippen LogP contribution >= 0.6 is 0 Å². The second kappa shape index (κ2) is 8.61. The fourth-order valence-corrected chi connectivity index (χ4v) is 3.05. The second-order valence-corrected chi connectivity index (χ2v) is 6.87. The Morgan fingerprint density at radius 1 is 0.781 bits per heavy atom. The topological polar surface area (TPSA) is 90.4 Å². The molecule has 2 aromatic heterocycles. The van der Waals surface area contributed by atoms with Crippen LogP contribution in [0.3, 0.4) is 0 Å². The van der Waals surface area contributed by atoms with Crippen molar-refractivity contribution in [2.45, 2.75) is 0 Å². The summed E-state index contributed by atoms with van der Waals surface area (Å²) in [4.78, 5) is 16.5. The predicted molar refractivity (Wildman–Crippen MR) is 118 cm³/mol. The van der Waals surface area contributed by atoms with E-state index in [0.717, 1.165) is 22.6 Å². The molecular weight excluding hydrogens is 406 g/mol. The minimum atomic E-state index is -0.317. The van der Waals surface area contributed by atoms with Crippen LogP contribution in [-0.4, -0.2) is 16.0 Å². The predicted octanol–water partition coefficient (Wildman–Crippen LogP) is 6.04. The zero-order valence-corrected chi connectivity index (χ0v) is 16.8. The van der Waals surface area contributed by atoms with Crippen LogP contribution in [0.4, 0.5) is 5.69 Å². The number of ether oxygens (including phenoxy) is 1. The highest BCUT2D eigenvalue weighted by molar-refractivity contribution is 6.02. The molecule has 0 saturated heterocycles. The summed E-state index contributed by atoms with van der Waals surface area (Å²) in [5.74, 6) is 2.27. The molecule has 0 aliphatic carbocycles. The summed E-state index contributed by atoms with van der Waals surface area (Å²) in [6.07, 6.45) is 1.45. The van der Waals surface area contributed by atoms with E-state index < -0.39 is 0 Å². The number of anilines is 1.